The third kappa shape index (κ3) is 4.00. The number of rotatable bonds is 6. The molecule has 1 aliphatic heterocycles. The van der Waals surface area contributed by atoms with Crippen LogP contribution in [0.15, 0.2) is 52.1 Å². The molecule has 0 bridgehead atoms. The number of hydrogen-bond acceptors (Lipinski definition) is 5. The summed E-state index contributed by atoms with van der Waals surface area (Å²) in [6.07, 6.45) is 4.17. The molecule has 9 heteroatoms. The highest BCUT2D eigenvalue weighted by Gasteiger charge is 2.33. The number of carbonyl (C=O) groups excluding carboxylic acids is 1. The minimum Gasteiger partial charge on any atom is -0.350 e. The summed E-state index contributed by atoms with van der Waals surface area (Å²) in [6, 6.07) is 13.5. The van der Waals surface area contributed by atoms with Crippen LogP contribution in [0, 0.1) is 5.92 Å². The van der Waals surface area contributed by atoms with Crippen molar-refractivity contribution >= 4 is 27.3 Å². The first-order valence-corrected chi connectivity index (χ1v) is 13.3. The lowest BCUT2D eigenvalue weighted by Gasteiger charge is -2.30. The fourth-order valence-electron chi connectivity index (χ4n) is 4.65. The SMILES string of the molecule is O=C(NCc1nn(-c2ccccc2)c2c1CCC2)C1CCN(S(=O)(=O)c2cccs2)CC1. The van der Waals surface area contributed by atoms with Gasteiger partial charge in [-0.15, -0.1) is 11.3 Å². The predicted molar refractivity (Wildman–Crippen MR) is 123 cm³/mol. The number of nitrogens with one attached hydrogen (secondary N) is 1. The van der Waals surface area contributed by atoms with Gasteiger partial charge < -0.3 is 5.32 Å². The zero-order valence-electron chi connectivity index (χ0n) is 17.7. The third-order valence-corrected chi connectivity index (χ3v) is 9.63. The number of piperidine rings is 1. The maximum Gasteiger partial charge on any atom is 0.252 e. The van der Waals surface area contributed by atoms with E-state index < -0.39 is 10.0 Å². The average molecular weight is 471 g/mol. The van der Waals surface area contributed by atoms with Gasteiger partial charge >= 0.3 is 0 Å². The number of aromatic nitrogens is 2. The van der Waals surface area contributed by atoms with Gasteiger partial charge in [0.15, 0.2) is 0 Å². The van der Waals surface area contributed by atoms with E-state index >= 15 is 0 Å². The fraction of sp³-hybridized carbons (Fsp3) is 0.391. The molecule has 0 saturated carbocycles. The molecule has 5 rings (SSSR count). The van der Waals surface area contributed by atoms with Gasteiger partial charge in [0, 0.05) is 24.7 Å². The van der Waals surface area contributed by atoms with E-state index in [0.29, 0.717) is 36.7 Å². The van der Waals surface area contributed by atoms with E-state index in [4.69, 9.17) is 5.10 Å². The second kappa shape index (κ2) is 8.80. The maximum absolute atomic E-state index is 12.8. The summed E-state index contributed by atoms with van der Waals surface area (Å²) >= 11 is 1.23. The molecule has 0 atom stereocenters. The first-order valence-electron chi connectivity index (χ1n) is 11.0. The molecule has 7 nitrogen and oxygen atoms in total. The van der Waals surface area contributed by atoms with Gasteiger partial charge in [-0.05, 0) is 61.2 Å². The van der Waals surface area contributed by atoms with E-state index in [0.717, 1.165) is 30.6 Å². The van der Waals surface area contributed by atoms with Crippen molar-refractivity contribution in [1.29, 1.82) is 0 Å². The number of benzene rings is 1. The Balaban J connectivity index is 1.21. The molecule has 3 heterocycles. The number of fused-ring (bicyclic) bond motifs is 1. The van der Waals surface area contributed by atoms with Crippen LogP contribution in [0.4, 0.5) is 0 Å². The Hall–Kier alpha value is -2.49. The summed E-state index contributed by atoms with van der Waals surface area (Å²) in [5, 5.41) is 9.64. The van der Waals surface area contributed by atoms with Crippen molar-refractivity contribution in [3.05, 3.63) is 64.8 Å². The van der Waals surface area contributed by atoms with Crippen LogP contribution in [0.25, 0.3) is 5.69 Å². The van der Waals surface area contributed by atoms with E-state index in [2.05, 4.69) is 5.32 Å². The van der Waals surface area contributed by atoms with Gasteiger partial charge in [0.1, 0.15) is 4.21 Å². The molecule has 0 radical (unpaired) electrons. The first kappa shape index (κ1) is 21.4. The van der Waals surface area contributed by atoms with Crippen molar-refractivity contribution in [2.75, 3.05) is 13.1 Å². The summed E-state index contributed by atoms with van der Waals surface area (Å²) in [5.74, 6) is -0.187. The van der Waals surface area contributed by atoms with Crippen LogP contribution in [0.1, 0.15) is 36.2 Å². The van der Waals surface area contributed by atoms with Gasteiger partial charge in [0.25, 0.3) is 10.0 Å². The molecule has 1 aromatic carbocycles. The summed E-state index contributed by atoms with van der Waals surface area (Å²) in [7, 11) is -3.45. The number of sulfonamides is 1. The van der Waals surface area contributed by atoms with Gasteiger partial charge in [-0.3, -0.25) is 4.79 Å². The smallest absolute Gasteiger partial charge is 0.252 e. The molecular formula is C23H26N4O3S2. The van der Waals surface area contributed by atoms with Crippen LogP contribution in [0.2, 0.25) is 0 Å². The van der Waals surface area contributed by atoms with Crippen molar-refractivity contribution in [2.24, 2.45) is 5.92 Å². The largest absolute Gasteiger partial charge is 0.350 e. The van der Waals surface area contributed by atoms with Crippen molar-refractivity contribution in [3.8, 4) is 5.69 Å². The van der Waals surface area contributed by atoms with Crippen molar-refractivity contribution in [1.82, 2.24) is 19.4 Å². The van der Waals surface area contributed by atoms with Crippen LogP contribution in [0.3, 0.4) is 0 Å². The number of carbonyl (C=O) groups is 1. The summed E-state index contributed by atoms with van der Waals surface area (Å²) in [6.45, 7) is 1.15. The van der Waals surface area contributed by atoms with Crippen molar-refractivity contribution < 1.29 is 13.2 Å². The molecule has 1 saturated heterocycles. The van der Waals surface area contributed by atoms with E-state index in [1.807, 2.05) is 35.0 Å². The van der Waals surface area contributed by atoms with Gasteiger partial charge in [0.2, 0.25) is 5.91 Å². The number of thiophene rings is 1. The van der Waals surface area contributed by atoms with Crippen LogP contribution >= 0.6 is 11.3 Å². The van der Waals surface area contributed by atoms with Gasteiger partial charge in [-0.1, -0.05) is 24.3 Å². The molecule has 1 fully saturated rings. The second-order valence-corrected chi connectivity index (χ2v) is 11.4. The summed E-state index contributed by atoms with van der Waals surface area (Å²) in [5.41, 5.74) is 4.48. The molecule has 1 N–H and O–H groups in total. The van der Waals surface area contributed by atoms with E-state index in [1.165, 1.54) is 26.9 Å². The molecule has 1 amide bonds. The topological polar surface area (TPSA) is 84.3 Å². The molecule has 2 aromatic heterocycles. The van der Waals surface area contributed by atoms with Gasteiger partial charge in [0.05, 0.1) is 17.9 Å². The normalized spacial score (nSPS) is 17.4. The molecule has 32 heavy (non-hydrogen) atoms. The minimum absolute atomic E-state index is 0.0146. The van der Waals surface area contributed by atoms with Gasteiger partial charge in [-0.25, -0.2) is 13.1 Å². The average Bonchev–Trinajstić information content (AvgIpc) is 3.57. The van der Waals surface area contributed by atoms with E-state index in [-0.39, 0.29) is 11.8 Å². The Labute approximate surface area is 192 Å². The quantitative estimate of drug-likeness (QED) is 0.600. The molecule has 2 aliphatic rings. The highest BCUT2D eigenvalue weighted by atomic mass is 32.2. The fourth-order valence-corrected chi connectivity index (χ4v) is 7.26. The van der Waals surface area contributed by atoms with Crippen molar-refractivity contribution in [3.63, 3.8) is 0 Å². The molecule has 0 unspecified atom stereocenters. The van der Waals surface area contributed by atoms with Crippen molar-refractivity contribution in [2.45, 2.75) is 42.9 Å². The zero-order chi connectivity index (χ0) is 22.1. The van der Waals surface area contributed by atoms with E-state index in [1.54, 1.807) is 17.5 Å². The first-order chi connectivity index (χ1) is 15.5. The number of amides is 1. The van der Waals surface area contributed by atoms with Crippen LogP contribution < -0.4 is 5.32 Å². The lowest BCUT2D eigenvalue weighted by atomic mass is 9.97. The molecular weight excluding hydrogens is 444 g/mol. The number of nitrogens with zero attached hydrogens (tertiary/aromatic N) is 3. The highest BCUT2D eigenvalue weighted by Crippen LogP contribution is 2.29. The summed E-state index contributed by atoms with van der Waals surface area (Å²) < 4.78 is 29.2. The predicted octanol–water partition coefficient (Wildman–Crippen LogP) is 3.14. The van der Waals surface area contributed by atoms with Gasteiger partial charge in [-0.2, -0.15) is 9.40 Å². The van der Waals surface area contributed by atoms with E-state index in [9.17, 15) is 13.2 Å². The third-order valence-electron chi connectivity index (χ3n) is 6.36. The lowest BCUT2D eigenvalue weighted by Crippen LogP contribution is -2.42. The Morgan fingerprint density at radius 3 is 2.59 bits per heavy atom. The highest BCUT2D eigenvalue weighted by molar-refractivity contribution is 7.91. The zero-order valence-corrected chi connectivity index (χ0v) is 19.4. The maximum atomic E-state index is 12.8. The number of para-hydroxylation sites is 1. The molecule has 1 aliphatic carbocycles. The molecule has 168 valence electrons. The number of hydrogen-bond donors (Lipinski definition) is 1. The monoisotopic (exact) mass is 470 g/mol. The van der Waals surface area contributed by atoms with Crippen LogP contribution in [-0.4, -0.2) is 41.5 Å². The Bertz CT molecular complexity index is 1200. The summed E-state index contributed by atoms with van der Waals surface area (Å²) in [4.78, 5) is 12.8. The Morgan fingerprint density at radius 2 is 1.88 bits per heavy atom. The molecule has 0 spiro atoms. The Morgan fingerprint density at radius 1 is 1.09 bits per heavy atom. The standard InChI is InChI=1S/C23H26N4O3S2/c28-23(17-11-13-26(14-12-17)32(29,30)22-10-5-15-31-22)24-16-20-19-8-4-9-21(19)27(25-20)18-6-2-1-3-7-18/h1-3,5-7,10,15,17H,4,8-9,11-14,16H2,(H,24,28). The van der Waals surface area contributed by atoms with Crippen LogP contribution in [0.5, 0.6) is 0 Å². The van der Waals surface area contributed by atoms with Crippen LogP contribution in [-0.2, 0) is 34.2 Å². The lowest BCUT2D eigenvalue weighted by molar-refractivity contribution is -0.126. The Kier molecular flexibility index (Phi) is 5.88. The second-order valence-electron chi connectivity index (χ2n) is 8.30. The molecule has 3 aromatic rings. The minimum atomic E-state index is -3.45.